The molecule has 0 saturated carbocycles. The lowest BCUT2D eigenvalue weighted by Gasteiger charge is -2.26. The maximum Gasteiger partial charge on any atom is 0.275 e. The lowest BCUT2D eigenvalue weighted by molar-refractivity contribution is 0.102. The predicted molar refractivity (Wildman–Crippen MR) is 98.5 cm³/mol. The second-order valence-corrected chi connectivity index (χ2v) is 8.38. The van der Waals surface area contributed by atoms with Crippen molar-refractivity contribution in [3.63, 3.8) is 0 Å². The summed E-state index contributed by atoms with van der Waals surface area (Å²) in [6, 6.07) is 4.80. The monoisotopic (exact) mass is 374 g/mol. The van der Waals surface area contributed by atoms with E-state index in [0.717, 1.165) is 24.8 Å². The van der Waals surface area contributed by atoms with Gasteiger partial charge in [-0.1, -0.05) is 12.5 Å². The summed E-state index contributed by atoms with van der Waals surface area (Å²) in [5.74, 6) is -0.423. The number of carbonyl (C=O) groups excluding carboxylic acids is 1. The normalized spacial score (nSPS) is 15.6. The van der Waals surface area contributed by atoms with Gasteiger partial charge in [0.15, 0.2) is 0 Å². The SMILES string of the molecule is Cc1cnc(C(=O)Nc2cc(S(=O)(=O)N3CCCCC3)ccc2C)cn1. The van der Waals surface area contributed by atoms with E-state index in [0.29, 0.717) is 24.5 Å². The van der Waals surface area contributed by atoms with Crippen LogP contribution in [0, 0.1) is 13.8 Å². The average Bonchev–Trinajstić information content (AvgIpc) is 2.64. The van der Waals surface area contributed by atoms with Gasteiger partial charge in [-0.25, -0.2) is 13.4 Å². The van der Waals surface area contributed by atoms with Crippen LogP contribution in [0.3, 0.4) is 0 Å². The van der Waals surface area contributed by atoms with Crippen LogP contribution in [0.25, 0.3) is 0 Å². The number of nitrogens with zero attached hydrogens (tertiary/aromatic N) is 3. The summed E-state index contributed by atoms with van der Waals surface area (Å²) >= 11 is 0. The third kappa shape index (κ3) is 3.91. The van der Waals surface area contributed by atoms with Gasteiger partial charge in [0.1, 0.15) is 5.69 Å². The van der Waals surface area contributed by atoms with Crippen molar-refractivity contribution in [3.8, 4) is 0 Å². The Labute approximate surface area is 153 Å². The first-order chi connectivity index (χ1) is 12.4. The van der Waals surface area contributed by atoms with E-state index in [9.17, 15) is 13.2 Å². The number of piperidine rings is 1. The Kier molecular flexibility index (Phi) is 5.33. The van der Waals surface area contributed by atoms with Crippen LogP contribution in [-0.2, 0) is 10.0 Å². The van der Waals surface area contributed by atoms with Crippen molar-refractivity contribution in [3.05, 3.63) is 47.5 Å². The van der Waals surface area contributed by atoms with Gasteiger partial charge in [-0.05, 0) is 44.4 Å². The number of amides is 1. The zero-order valence-electron chi connectivity index (χ0n) is 14.9. The summed E-state index contributed by atoms with van der Waals surface area (Å²) in [5.41, 5.74) is 2.12. The molecule has 3 rings (SSSR count). The van der Waals surface area contributed by atoms with Gasteiger partial charge < -0.3 is 5.32 Å². The number of benzene rings is 1. The number of aryl methyl sites for hydroxylation is 2. The number of nitrogens with one attached hydrogen (secondary N) is 1. The van der Waals surface area contributed by atoms with E-state index in [1.54, 1.807) is 19.1 Å². The Morgan fingerprint density at radius 3 is 2.46 bits per heavy atom. The number of sulfonamides is 1. The zero-order valence-corrected chi connectivity index (χ0v) is 15.7. The fourth-order valence-electron chi connectivity index (χ4n) is 2.85. The minimum atomic E-state index is -3.55. The van der Waals surface area contributed by atoms with Gasteiger partial charge in [-0.3, -0.25) is 9.78 Å². The van der Waals surface area contributed by atoms with Crippen molar-refractivity contribution in [2.75, 3.05) is 18.4 Å². The maximum atomic E-state index is 12.8. The first kappa shape index (κ1) is 18.5. The fraction of sp³-hybridized carbons (Fsp3) is 0.389. The highest BCUT2D eigenvalue weighted by molar-refractivity contribution is 7.89. The molecule has 8 heteroatoms. The van der Waals surface area contributed by atoms with E-state index in [2.05, 4.69) is 15.3 Å². The van der Waals surface area contributed by atoms with Crippen LogP contribution in [0.1, 0.15) is 41.0 Å². The molecule has 1 amide bonds. The van der Waals surface area contributed by atoms with Gasteiger partial charge in [0.2, 0.25) is 10.0 Å². The Morgan fingerprint density at radius 1 is 1.08 bits per heavy atom. The molecule has 1 saturated heterocycles. The van der Waals surface area contributed by atoms with Gasteiger partial charge in [0.05, 0.1) is 16.8 Å². The minimum absolute atomic E-state index is 0.180. The minimum Gasteiger partial charge on any atom is -0.320 e. The molecule has 7 nitrogen and oxygen atoms in total. The average molecular weight is 374 g/mol. The molecule has 2 aromatic rings. The molecule has 0 spiro atoms. The van der Waals surface area contributed by atoms with Crippen molar-refractivity contribution in [1.82, 2.24) is 14.3 Å². The molecule has 1 N–H and O–H groups in total. The van der Waals surface area contributed by atoms with Crippen LogP contribution < -0.4 is 5.32 Å². The number of carbonyl (C=O) groups is 1. The molecule has 0 radical (unpaired) electrons. The van der Waals surface area contributed by atoms with E-state index in [1.807, 2.05) is 6.92 Å². The quantitative estimate of drug-likeness (QED) is 0.888. The Morgan fingerprint density at radius 2 is 1.81 bits per heavy atom. The van der Waals surface area contributed by atoms with Crippen LogP contribution >= 0.6 is 0 Å². The summed E-state index contributed by atoms with van der Waals surface area (Å²) < 4.78 is 27.2. The number of hydrogen-bond donors (Lipinski definition) is 1. The fourth-order valence-corrected chi connectivity index (χ4v) is 4.39. The van der Waals surface area contributed by atoms with Gasteiger partial charge >= 0.3 is 0 Å². The first-order valence-electron chi connectivity index (χ1n) is 8.59. The highest BCUT2D eigenvalue weighted by Crippen LogP contribution is 2.25. The van der Waals surface area contributed by atoms with Gasteiger partial charge in [-0.2, -0.15) is 4.31 Å². The van der Waals surface area contributed by atoms with Gasteiger partial charge in [0.25, 0.3) is 5.91 Å². The van der Waals surface area contributed by atoms with E-state index in [-0.39, 0.29) is 10.6 Å². The molecule has 1 aliphatic rings. The van der Waals surface area contributed by atoms with E-state index in [1.165, 1.54) is 22.8 Å². The van der Waals surface area contributed by atoms with E-state index >= 15 is 0 Å². The smallest absolute Gasteiger partial charge is 0.275 e. The molecule has 0 unspecified atom stereocenters. The molecule has 0 aliphatic carbocycles. The lowest BCUT2D eigenvalue weighted by Crippen LogP contribution is -2.35. The van der Waals surface area contributed by atoms with Crippen molar-refractivity contribution in [2.24, 2.45) is 0 Å². The predicted octanol–water partition coefficient (Wildman–Crippen LogP) is 2.52. The van der Waals surface area contributed by atoms with Gasteiger partial charge in [0, 0.05) is 25.0 Å². The molecule has 0 bridgehead atoms. The van der Waals surface area contributed by atoms with Crippen LogP contribution in [0.4, 0.5) is 5.69 Å². The first-order valence-corrected chi connectivity index (χ1v) is 10.0. The summed E-state index contributed by atoms with van der Waals surface area (Å²) in [5, 5.41) is 2.74. The van der Waals surface area contributed by atoms with Crippen LogP contribution in [0.2, 0.25) is 0 Å². The topological polar surface area (TPSA) is 92.3 Å². The summed E-state index contributed by atoms with van der Waals surface area (Å²) in [6.45, 7) is 4.68. The molecule has 1 aromatic carbocycles. The molecule has 2 heterocycles. The second kappa shape index (κ2) is 7.51. The molecule has 0 atom stereocenters. The van der Waals surface area contributed by atoms with E-state index < -0.39 is 15.9 Å². The molecule has 26 heavy (non-hydrogen) atoms. The lowest BCUT2D eigenvalue weighted by atomic mass is 10.2. The summed E-state index contributed by atoms with van der Waals surface area (Å²) in [4.78, 5) is 20.7. The molecular formula is C18H22N4O3S. The highest BCUT2D eigenvalue weighted by Gasteiger charge is 2.26. The molecular weight excluding hydrogens is 352 g/mol. The molecule has 1 aliphatic heterocycles. The Hall–Kier alpha value is -2.32. The highest BCUT2D eigenvalue weighted by atomic mass is 32.2. The molecule has 138 valence electrons. The number of rotatable bonds is 4. The van der Waals surface area contributed by atoms with Crippen molar-refractivity contribution >= 4 is 21.6 Å². The number of aromatic nitrogens is 2. The third-order valence-corrected chi connectivity index (χ3v) is 6.32. The number of hydrogen-bond acceptors (Lipinski definition) is 5. The van der Waals surface area contributed by atoms with Crippen molar-refractivity contribution in [1.29, 1.82) is 0 Å². The zero-order chi connectivity index (χ0) is 18.7. The maximum absolute atomic E-state index is 12.8. The van der Waals surface area contributed by atoms with Crippen LogP contribution in [0.5, 0.6) is 0 Å². The van der Waals surface area contributed by atoms with E-state index in [4.69, 9.17) is 0 Å². The Bertz CT molecular complexity index is 905. The van der Waals surface area contributed by atoms with Gasteiger partial charge in [-0.15, -0.1) is 0 Å². The summed E-state index contributed by atoms with van der Waals surface area (Å²) in [6.07, 6.45) is 5.72. The number of anilines is 1. The molecule has 1 aromatic heterocycles. The van der Waals surface area contributed by atoms with Crippen LogP contribution in [0.15, 0.2) is 35.5 Å². The van der Waals surface area contributed by atoms with Crippen molar-refractivity contribution < 1.29 is 13.2 Å². The molecule has 1 fully saturated rings. The second-order valence-electron chi connectivity index (χ2n) is 6.44. The largest absolute Gasteiger partial charge is 0.320 e. The van der Waals surface area contributed by atoms with Crippen molar-refractivity contribution in [2.45, 2.75) is 38.0 Å². The summed E-state index contributed by atoms with van der Waals surface area (Å²) in [7, 11) is -3.55. The Balaban J connectivity index is 1.85. The third-order valence-electron chi connectivity index (χ3n) is 4.42. The standard InChI is InChI=1S/C18H22N4O3S/c1-13-6-7-15(26(24,25)22-8-4-3-5-9-22)10-16(13)21-18(23)17-12-19-14(2)11-20-17/h6-7,10-12H,3-5,8-9H2,1-2H3,(H,21,23). The van der Waals surface area contributed by atoms with Crippen LogP contribution in [-0.4, -0.2) is 41.7 Å².